The molecule has 0 amide bonds. The number of rotatable bonds is 6. The van der Waals surface area contributed by atoms with Gasteiger partial charge in [0.2, 0.25) is 10.0 Å². The molecule has 2 rings (SSSR count). The predicted octanol–water partition coefficient (Wildman–Crippen LogP) is 1.68. The van der Waals surface area contributed by atoms with Crippen molar-refractivity contribution < 1.29 is 17.9 Å². The Labute approximate surface area is 118 Å². The Morgan fingerprint density at radius 2 is 2.00 bits per heavy atom. The first-order chi connectivity index (χ1) is 9.53. The molecule has 0 aliphatic rings. The number of aliphatic hydroxyl groups is 1. The van der Waals surface area contributed by atoms with Gasteiger partial charge in [0, 0.05) is 12.5 Å². The maximum atomic E-state index is 12.3. The number of nitrogens with one attached hydrogen (secondary N) is 1. The predicted molar refractivity (Wildman–Crippen MR) is 74.6 cm³/mol. The Bertz CT molecular complexity index is 650. The summed E-state index contributed by atoms with van der Waals surface area (Å²) in [5.74, 6) is 0.718. The van der Waals surface area contributed by atoms with E-state index in [2.05, 4.69) is 4.72 Å². The molecule has 1 aromatic carbocycles. The molecule has 0 aliphatic heterocycles. The molecule has 1 atom stereocenters. The fraction of sp³-hybridized carbons (Fsp3) is 0.286. The maximum Gasteiger partial charge on any atom is 0.241 e. The van der Waals surface area contributed by atoms with E-state index >= 15 is 0 Å². The number of benzene rings is 1. The Morgan fingerprint density at radius 1 is 1.25 bits per heavy atom. The van der Waals surface area contributed by atoms with E-state index in [0.717, 1.165) is 5.76 Å². The Balaban J connectivity index is 2.14. The summed E-state index contributed by atoms with van der Waals surface area (Å²) in [6.45, 7) is 1.45. The molecule has 5 nitrogen and oxygen atoms in total. The van der Waals surface area contributed by atoms with E-state index in [1.165, 1.54) is 6.07 Å². The van der Waals surface area contributed by atoms with Crippen molar-refractivity contribution in [2.75, 3.05) is 0 Å². The summed E-state index contributed by atoms with van der Waals surface area (Å²) in [6.07, 6.45) is 2.02. The summed E-state index contributed by atoms with van der Waals surface area (Å²) in [6, 6.07) is 9.64. The quantitative estimate of drug-likeness (QED) is 0.850. The smallest absolute Gasteiger partial charge is 0.241 e. The van der Waals surface area contributed by atoms with Crippen LogP contribution >= 0.6 is 0 Å². The molecule has 1 aromatic heterocycles. The van der Waals surface area contributed by atoms with Crippen molar-refractivity contribution in [3.63, 3.8) is 0 Å². The van der Waals surface area contributed by atoms with Gasteiger partial charge in [0.25, 0.3) is 0 Å². The summed E-state index contributed by atoms with van der Waals surface area (Å²) in [5, 5.41) is 9.22. The largest absolute Gasteiger partial charge is 0.469 e. The number of furan rings is 1. The molecule has 0 radical (unpaired) electrons. The monoisotopic (exact) mass is 295 g/mol. The fourth-order valence-corrected chi connectivity index (χ4v) is 3.47. The molecular formula is C14H17NO4S. The van der Waals surface area contributed by atoms with Crippen LogP contribution in [0.5, 0.6) is 0 Å². The molecule has 2 N–H and O–H groups in total. The van der Waals surface area contributed by atoms with Gasteiger partial charge >= 0.3 is 0 Å². The van der Waals surface area contributed by atoms with Crippen LogP contribution in [-0.4, -0.2) is 19.6 Å². The highest BCUT2D eigenvalue weighted by atomic mass is 32.2. The van der Waals surface area contributed by atoms with E-state index in [4.69, 9.17) is 4.42 Å². The minimum atomic E-state index is -3.66. The van der Waals surface area contributed by atoms with Gasteiger partial charge in [-0.25, -0.2) is 13.1 Å². The molecule has 2 aromatic rings. The van der Waals surface area contributed by atoms with E-state index in [-0.39, 0.29) is 17.5 Å². The Morgan fingerprint density at radius 3 is 2.65 bits per heavy atom. The summed E-state index contributed by atoms with van der Waals surface area (Å²) in [5.41, 5.74) is 0.380. The Hall–Kier alpha value is -1.63. The van der Waals surface area contributed by atoms with Gasteiger partial charge in [-0.1, -0.05) is 18.2 Å². The van der Waals surface area contributed by atoms with E-state index in [9.17, 15) is 13.5 Å². The first-order valence-corrected chi connectivity index (χ1v) is 7.74. The normalized spacial score (nSPS) is 13.3. The van der Waals surface area contributed by atoms with Crippen LogP contribution in [0.25, 0.3) is 0 Å². The molecule has 0 bridgehead atoms. The first-order valence-electron chi connectivity index (χ1n) is 6.26. The van der Waals surface area contributed by atoms with Gasteiger partial charge in [-0.3, -0.25) is 0 Å². The minimum Gasteiger partial charge on any atom is -0.469 e. The van der Waals surface area contributed by atoms with Crippen molar-refractivity contribution in [2.45, 2.75) is 30.9 Å². The van der Waals surface area contributed by atoms with Crippen molar-refractivity contribution in [3.05, 3.63) is 54.0 Å². The van der Waals surface area contributed by atoms with Gasteiger partial charge in [0.05, 0.1) is 17.8 Å². The third-order valence-electron chi connectivity index (χ3n) is 2.88. The molecule has 1 heterocycles. The lowest BCUT2D eigenvalue weighted by molar-refractivity contribution is 0.278. The van der Waals surface area contributed by atoms with Crippen LogP contribution in [0.1, 0.15) is 18.2 Å². The van der Waals surface area contributed by atoms with E-state index < -0.39 is 10.0 Å². The summed E-state index contributed by atoms with van der Waals surface area (Å²) in [4.78, 5) is 0.105. The highest BCUT2D eigenvalue weighted by Crippen LogP contribution is 2.16. The van der Waals surface area contributed by atoms with Crippen LogP contribution in [0.15, 0.2) is 52.0 Å². The third kappa shape index (κ3) is 3.47. The second-order valence-corrected chi connectivity index (χ2v) is 6.25. The van der Waals surface area contributed by atoms with Gasteiger partial charge in [0.15, 0.2) is 0 Å². The lowest BCUT2D eigenvalue weighted by atomic mass is 10.2. The highest BCUT2D eigenvalue weighted by Gasteiger charge is 2.20. The third-order valence-corrected chi connectivity index (χ3v) is 4.57. The fourth-order valence-electron chi connectivity index (χ4n) is 2.00. The average Bonchev–Trinajstić information content (AvgIpc) is 2.90. The van der Waals surface area contributed by atoms with Crippen LogP contribution in [-0.2, 0) is 23.1 Å². The zero-order valence-corrected chi connectivity index (χ0v) is 11.9. The van der Waals surface area contributed by atoms with Gasteiger partial charge in [-0.15, -0.1) is 0 Å². The topological polar surface area (TPSA) is 79.5 Å². The van der Waals surface area contributed by atoms with Crippen LogP contribution < -0.4 is 4.72 Å². The maximum absolute atomic E-state index is 12.3. The molecule has 0 aliphatic carbocycles. The van der Waals surface area contributed by atoms with Crippen LogP contribution in [0.3, 0.4) is 0 Å². The zero-order valence-electron chi connectivity index (χ0n) is 11.1. The van der Waals surface area contributed by atoms with Crippen LogP contribution in [0.4, 0.5) is 0 Å². The van der Waals surface area contributed by atoms with Gasteiger partial charge in [-0.2, -0.15) is 0 Å². The van der Waals surface area contributed by atoms with Crippen molar-refractivity contribution in [1.82, 2.24) is 4.72 Å². The van der Waals surface area contributed by atoms with Gasteiger partial charge in [0.1, 0.15) is 5.76 Å². The first kappa shape index (κ1) is 14.8. The number of hydrogen-bond acceptors (Lipinski definition) is 4. The molecule has 108 valence electrons. The summed E-state index contributed by atoms with van der Waals surface area (Å²) >= 11 is 0. The molecule has 0 saturated heterocycles. The van der Waals surface area contributed by atoms with E-state index in [1.54, 1.807) is 43.5 Å². The zero-order chi connectivity index (χ0) is 14.6. The SMILES string of the molecule is CC(Cc1ccco1)NS(=O)(=O)c1ccccc1CO. The lowest BCUT2D eigenvalue weighted by Crippen LogP contribution is -2.34. The van der Waals surface area contributed by atoms with E-state index in [1.807, 2.05) is 0 Å². The summed E-state index contributed by atoms with van der Waals surface area (Å²) in [7, 11) is -3.66. The molecule has 6 heteroatoms. The Kier molecular flexibility index (Phi) is 4.59. The van der Waals surface area contributed by atoms with Crippen LogP contribution in [0.2, 0.25) is 0 Å². The second-order valence-electron chi connectivity index (χ2n) is 4.57. The number of hydrogen-bond donors (Lipinski definition) is 2. The molecule has 20 heavy (non-hydrogen) atoms. The van der Waals surface area contributed by atoms with Crippen LogP contribution in [0, 0.1) is 0 Å². The molecule has 0 saturated carbocycles. The highest BCUT2D eigenvalue weighted by molar-refractivity contribution is 7.89. The number of aliphatic hydroxyl groups excluding tert-OH is 1. The summed E-state index contributed by atoms with van der Waals surface area (Å²) < 4.78 is 32.4. The molecule has 0 fully saturated rings. The standard InChI is InChI=1S/C14H17NO4S/c1-11(9-13-6-4-8-19-13)15-20(17,18)14-7-3-2-5-12(14)10-16/h2-8,11,15-16H,9-10H2,1H3. The minimum absolute atomic E-state index is 0.105. The lowest BCUT2D eigenvalue weighted by Gasteiger charge is -2.14. The average molecular weight is 295 g/mol. The van der Waals surface area contributed by atoms with Crippen molar-refractivity contribution in [2.24, 2.45) is 0 Å². The van der Waals surface area contributed by atoms with Gasteiger partial charge < -0.3 is 9.52 Å². The van der Waals surface area contributed by atoms with E-state index in [0.29, 0.717) is 12.0 Å². The van der Waals surface area contributed by atoms with Crippen molar-refractivity contribution in [3.8, 4) is 0 Å². The van der Waals surface area contributed by atoms with Crippen molar-refractivity contribution >= 4 is 10.0 Å². The molecule has 1 unspecified atom stereocenters. The van der Waals surface area contributed by atoms with Gasteiger partial charge in [-0.05, 0) is 30.7 Å². The van der Waals surface area contributed by atoms with Crippen molar-refractivity contribution in [1.29, 1.82) is 0 Å². The molecular weight excluding hydrogens is 278 g/mol. The number of sulfonamides is 1. The molecule has 0 spiro atoms. The second kappa shape index (κ2) is 6.21.